The zero-order valence-electron chi connectivity index (χ0n) is 10.2. The summed E-state index contributed by atoms with van der Waals surface area (Å²) in [6.45, 7) is 2.56. The number of carbonyl (C=O) groups is 1. The molecule has 0 aliphatic carbocycles. The molecular weight excluding hydrogens is 230 g/mol. The number of rotatable bonds is 6. The number of hydrogen-bond donors (Lipinski definition) is 1. The molecule has 1 aromatic carbocycles. The number of nitrogens with two attached hydrogens (primary N) is 1. The molecule has 0 spiro atoms. The molecule has 0 radical (unpaired) electrons. The van der Waals surface area contributed by atoms with Crippen molar-refractivity contribution in [3.05, 3.63) is 29.8 Å². The van der Waals surface area contributed by atoms with Gasteiger partial charge in [0.05, 0.1) is 6.61 Å². The van der Waals surface area contributed by atoms with Crippen LogP contribution in [0.25, 0.3) is 6.08 Å². The summed E-state index contributed by atoms with van der Waals surface area (Å²) >= 11 is 0. The highest BCUT2D eigenvalue weighted by Gasteiger charge is 2.05. The van der Waals surface area contributed by atoms with E-state index in [4.69, 9.17) is 21.6 Å². The predicted molar refractivity (Wildman–Crippen MR) is 70.2 cm³/mol. The molecule has 0 saturated carbocycles. The van der Waals surface area contributed by atoms with Crippen LogP contribution in [0.3, 0.4) is 0 Å². The van der Waals surface area contributed by atoms with E-state index in [-0.39, 0.29) is 6.61 Å². The van der Waals surface area contributed by atoms with Crippen molar-refractivity contribution in [1.29, 1.82) is 0 Å². The summed E-state index contributed by atoms with van der Waals surface area (Å²) in [7, 11) is 0. The van der Waals surface area contributed by atoms with Gasteiger partial charge in [-0.05, 0) is 30.7 Å². The minimum Gasteiger partial charge on any atom is -0.490 e. The number of benzene rings is 1. The SMILES string of the molecule is C#CCOc1ccc(/C=C\C(N)=O)cc1OCC. The second kappa shape index (κ2) is 7.02. The monoisotopic (exact) mass is 245 g/mol. The van der Waals surface area contributed by atoms with Crippen molar-refractivity contribution in [3.8, 4) is 23.8 Å². The highest BCUT2D eigenvalue weighted by Crippen LogP contribution is 2.28. The third kappa shape index (κ3) is 4.22. The van der Waals surface area contributed by atoms with Crippen molar-refractivity contribution in [2.45, 2.75) is 6.92 Å². The summed E-state index contributed by atoms with van der Waals surface area (Å²) < 4.78 is 10.8. The lowest BCUT2D eigenvalue weighted by molar-refractivity contribution is -0.113. The first-order chi connectivity index (χ1) is 8.67. The second-order valence-electron chi connectivity index (χ2n) is 3.37. The lowest BCUT2D eigenvalue weighted by Gasteiger charge is -2.10. The first kappa shape index (κ1) is 13.7. The van der Waals surface area contributed by atoms with Gasteiger partial charge in [0.1, 0.15) is 6.61 Å². The van der Waals surface area contributed by atoms with Gasteiger partial charge in [0, 0.05) is 6.08 Å². The van der Waals surface area contributed by atoms with Crippen molar-refractivity contribution in [2.75, 3.05) is 13.2 Å². The van der Waals surface area contributed by atoms with Gasteiger partial charge in [-0.15, -0.1) is 6.42 Å². The standard InChI is InChI=1S/C14H15NO3/c1-3-9-18-12-7-5-11(6-8-14(15)16)10-13(12)17-4-2/h1,5-8,10H,4,9H2,2H3,(H2,15,16)/b8-6-. The van der Waals surface area contributed by atoms with Crippen LogP contribution in [0.4, 0.5) is 0 Å². The number of carbonyl (C=O) groups excluding carboxylic acids is 1. The van der Waals surface area contributed by atoms with Crippen LogP contribution in [-0.4, -0.2) is 19.1 Å². The van der Waals surface area contributed by atoms with Gasteiger partial charge in [0.25, 0.3) is 0 Å². The Morgan fingerprint density at radius 1 is 1.44 bits per heavy atom. The molecular formula is C14H15NO3. The van der Waals surface area contributed by atoms with Crippen LogP contribution in [0.15, 0.2) is 24.3 Å². The van der Waals surface area contributed by atoms with Crippen molar-refractivity contribution in [2.24, 2.45) is 5.73 Å². The van der Waals surface area contributed by atoms with E-state index in [1.807, 2.05) is 6.92 Å². The number of primary amides is 1. The minimum atomic E-state index is -0.499. The fourth-order valence-electron chi connectivity index (χ4n) is 1.31. The molecule has 0 aromatic heterocycles. The molecule has 94 valence electrons. The third-order valence-corrected chi connectivity index (χ3v) is 2.02. The quantitative estimate of drug-likeness (QED) is 0.611. The van der Waals surface area contributed by atoms with Crippen molar-refractivity contribution in [1.82, 2.24) is 0 Å². The smallest absolute Gasteiger partial charge is 0.241 e. The fourth-order valence-corrected chi connectivity index (χ4v) is 1.31. The Morgan fingerprint density at radius 2 is 2.22 bits per heavy atom. The molecule has 2 N–H and O–H groups in total. The van der Waals surface area contributed by atoms with E-state index < -0.39 is 5.91 Å². The Balaban J connectivity index is 2.95. The zero-order valence-corrected chi connectivity index (χ0v) is 10.2. The molecule has 0 aliphatic heterocycles. The fraction of sp³-hybridized carbons (Fsp3) is 0.214. The molecule has 0 fully saturated rings. The lowest BCUT2D eigenvalue weighted by atomic mass is 10.2. The number of hydrogen-bond acceptors (Lipinski definition) is 3. The van der Waals surface area contributed by atoms with E-state index in [0.29, 0.717) is 18.1 Å². The van der Waals surface area contributed by atoms with E-state index in [0.717, 1.165) is 5.56 Å². The average molecular weight is 245 g/mol. The topological polar surface area (TPSA) is 61.5 Å². The molecule has 0 bridgehead atoms. The molecule has 0 unspecified atom stereocenters. The van der Waals surface area contributed by atoms with Gasteiger partial charge < -0.3 is 15.2 Å². The number of ether oxygens (including phenoxy) is 2. The molecule has 1 aromatic rings. The Morgan fingerprint density at radius 3 is 2.83 bits per heavy atom. The summed E-state index contributed by atoms with van der Waals surface area (Å²) in [4.78, 5) is 10.6. The van der Waals surface area contributed by atoms with Crippen LogP contribution in [0.5, 0.6) is 11.5 Å². The van der Waals surface area contributed by atoms with Gasteiger partial charge in [-0.2, -0.15) is 0 Å². The van der Waals surface area contributed by atoms with Gasteiger partial charge in [-0.3, -0.25) is 4.79 Å². The average Bonchev–Trinajstić information content (AvgIpc) is 2.35. The number of amides is 1. The summed E-state index contributed by atoms with van der Waals surface area (Å²) in [6, 6.07) is 5.28. The highest BCUT2D eigenvalue weighted by molar-refractivity contribution is 5.90. The van der Waals surface area contributed by atoms with Gasteiger partial charge in [0.2, 0.25) is 5.91 Å². The molecule has 4 nitrogen and oxygen atoms in total. The van der Waals surface area contributed by atoms with Crippen LogP contribution in [0, 0.1) is 12.3 Å². The van der Waals surface area contributed by atoms with Gasteiger partial charge in [-0.1, -0.05) is 12.0 Å². The highest BCUT2D eigenvalue weighted by atomic mass is 16.5. The second-order valence-corrected chi connectivity index (χ2v) is 3.37. The van der Waals surface area contributed by atoms with Crippen molar-refractivity contribution >= 4 is 12.0 Å². The van der Waals surface area contributed by atoms with Gasteiger partial charge in [-0.25, -0.2) is 0 Å². The Kier molecular flexibility index (Phi) is 5.33. The molecule has 4 heteroatoms. The van der Waals surface area contributed by atoms with Crippen molar-refractivity contribution < 1.29 is 14.3 Å². The maximum absolute atomic E-state index is 10.6. The molecule has 18 heavy (non-hydrogen) atoms. The van der Waals surface area contributed by atoms with Gasteiger partial charge >= 0.3 is 0 Å². The molecule has 1 rings (SSSR count). The maximum Gasteiger partial charge on any atom is 0.241 e. The van der Waals surface area contributed by atoms with E-state index in [9.17, 15) is 4.79 Å². The van der Waals surface area contributed by atoms with Crippen LogP contribution >= 0.6 is 0 Å². The largest absolute Gasteiger partial charge is 0.490 e. The normalized spacial score (nSPS) is 10.0. The summed E-state index contributed by atoms with van der Waals surface area (Å²) in [5.74, 6) is 3.05. The summed E-state index contributed by atoms with van der Waals surface area (Å²) in [6.07, 6.45) is 8.02. The zero-order chi connectivity index (χ0) is 13.4. The lowest BCUT2D eigenvalue weighted by Crippen LogP contribution is -2.05. The van der Waals surface area contributed by atoms with Gasteiger partial charge in [0.15, 0.2) is 11.5 Å². The van der Waals surface area contributed by atoms with Crippen molar-refractivity contribution in [3.63, 3.8) is 0 Å². The Hall–Kier alpha value is -2.41. The Bertz CT molecular complexity index is 486. The third-order valence-electron chi connectivity index (χ3n) is 2.02. The minimum absolute atomic E-state index is 0.177. The van der Waals surface area contributed by atoms with E-state index in [2.05, 4.69) is 5.92 Å². The molecule has 0 heterocycles. The summed E-state index contributed by atoms with van der Waals surface area (Å²) in [5.41, 5.74) is 5.83. The van der Waals surface area contributed by atoms with E-state index in [1.165, 1.54) is 6.08 Å². The molecule has 0 saturated heterocycles. The molecule has 0 atom stereocenters. The summed E-state index contributed by atoms with van der Waals surface area (Å²) in [5, 5.41) is 0. The first-order valence-corrected chi connectivity index (χ1v) is 5.48. The first-order valence-electron chi connectivity index (χ1n) is 5.48. The molecule has 1 amide bonds. The maximum atomic E-state index is 10.6. The predicted octanol–water partition coefficient (Wildman–Crippen LogP) is 1.60. The molecule has 0 aliphatic rings. The van der Waals surface area contributed by atoms with E-state index in [1.54, 1.807) is 24.3 Å². The van der Waals surface area contributed by atoms with E-state index >= 15 is 0 Å². The number of terminal acetylenes is 1. The van der Waals surface area contributed by atoms with Crippen LogP contribution in [0.2, 0.25) is 0 Å². The van der Waals surface area contributed by atoms with Crippen LogP contribution in [-0.2, 0) is 4.79 Å². The van der Waals surface area contributed by atoms with Crippen LogP contribution in [0.1, 0.15) is 12.5 Å². The Labute approximate surface area is 106 Å². The van der Waals surface area contributed by atoms with Crippen LogP contribution < -0.4 is 15.2 Å².